The predicted molar refractivity (Wildman–Crippen MR) is 105 cm³/mol. The Balaban J connectivity index is 1.76. The Morgan fingerprint density at radius 1 is 1.12 bits per heavy atom. The summed E-state index contributed by atoms with van der Waals surface area (Å²) in [6.07, 6.45) is 1.09. The highest BCUT2D eigenvalue weighted by Gasteiger charge is 2.30. The van der Waals surface area contributed by atoms with Gasteiger partial charge in [-0.25, -0.2) is 9.98 Å². The number of pyridine rings is 1. The molecule has 2 aliphatic rings. The van der Waals surface area contributed by atoms with Crippen molar-refractivity contribution in [1.82, 2.24) is 9.88 Å². The van der Waals surface area contributed by atoms with Gasteiger partial charge >= 0.3 is 0 Å². The van der Waals surface area contributed by atoms with Gasteiger partial charge in [-0.3, -0.25) is 4.99 Å². The second kappa shape index (κ2) is 5.49. The third kappa shape index (κ3) is 2.23. The van der Waals surface area contributed by atoms with Crippen LogP contribution in [0.3, 0.4) is 0 Å². The van der Waals surface area contributed by atoms with Gasteiger partial charge < -0.3 is 4.90 Å². The molecule has 5 rings (SSSR count). The summed E-state index contributed by atoms with van der Waals surface area (Å²) in [5.41, 5.74) is 4.45. The first-order valence-electron chi connectivity index (χ1n) is 8.59. The third-order valence-corrected chi connectivity index (χ3v) is 5.90. The van der Waals surface area contributed by atoms with E-state index >= 15 is 0 Å². The maximum Gasteiger partial charge on any atom is 0.148 e. The molecule has 0 saturated carbocycles. The number of fused-ring (bicyclic) bond motifs is 5. The number of aryl methyl sites for hydroxylation is 1. The number of hydrogen-bond donors (Lipinski definition) is 0. The summed E-state index contributed by atoms with van der Waals surface area (Å²) >= 11 is 1.72. The van der Waals surface area contributed by atoms with Crippen LogP contribution in [0.1, 0.15) is 23.8 Å². The number of hydrogen-bond acceptors (Lipinski definition) is 5. The number of nitrogens with zero attached hydrogens (tertiary/aromatic N) is 4. The summed E-state index contributed by atoms with van der Waals surface area (Å²) in [6, 6.07) is 12.5. The molecule has 0 spiro atoms. The zero-order valence-electron chi connectivity index (χ0n) is 14.3. The third-order valence-electron chi connectivity index (χ3n) is 4.83. The minimum Gasteiger partial charge on any atom is -0.314 e. The maximum absolute atomic E-state index is 4.95. The summed E-state index contributed by atoms with van der Waals surface area (Å²) in [5.74, 6) is 2.12. The lowest BCUT2D eigenvalue weighted by Gasteiger charge is -2.31. The minimum atomic E-state index is 0.897. The van der Waals surface area contributed by atoms with Crippen molar-refractivity contribution in [2.24, 2.45) is 9.98 Å². The Kier molecular flexibility index (Phi) is 3.25. The fraction of sp³-hybridized carbons (Fsp3) is 0.250. The number of aliphatic imine (C=N–C) groups is 2. The molecule has 0 fully saturated rings. The summed E-state index contributed by atoms with van der Waals surface area (Å²) in [7, 11) is 0. The molecule has 3 aromatic rings. The second-order valence-electron chi connectivity index (χ2n) is 6.52. The predicted octanol–water partition coefficient (Wildman–Crippen LogP) is 4.79. The molecule has 0 bridgehead atoms. The number of benzene rings is 1. The van der Waals surface area contributed by atoms with Crippen molar-refractivity contribution in [3.05, 3.63) is 46.8 Å². The quantitative estimate of drug-likeness (QED) is 0.636. The Labute approximate surface area is 150 Å². The maximum atomic E-state index is 4.95. The molecule has 0 radical (unpaired) electrons. The van der Waals surface area contributed by atoms with Gasteiger partial charge in [-0.05, 0) is 31.9 Å². The molecule has 2 aliphatic heterocycles. The Bertz CT molecular complexity index is 1050. The van der Waals surface area contributed by atoms with Gasteiger partial charge in [0.2, 0.25) is 0 Å². The molecule has 2 aromatic heterocycles. The SMILES string of the molecule is CC1=Nc2c(sc3nc(-c4ccccc4)cc(C)c23)C2=NCCCN12. The summed E-state index contributed by atoms with van der Waals surface area (Å²) < 4.78 is 0. The van der Waals surface area contributed by atoms with E-state index < -0.39 is 0 Å². The zero-order valence-corrected chi connectivity index (χ0v) is 15.1. The molecule has 0 atom stereocenters. The van der Waals surface area contributed by atoms with Gasteiger partial charge in [0.1, 0.15) is 16.5 Å². The number of aromatic nitrogens is 1. The van der Waals surface area contributed by atoms with Gasteiger partial charge in [0.15, 0.2) is 0 Å². The number of rotatable bonds is 1. The molecule has 0 N–H and O–H groups in total. The molecule has 4 nitrogen and oxygen atoms in total. The van der Waals surface area contributed by atoms with E-state index in [2.05, 4.69) is 49.1 Å². The molecule has 4 heterocycles. The van der Waals surface area contributed by atoms with Crippen LogP contribution in [0.2, 0.25) is 0 Å². The highest BCUT2D eigenvalue weighted by Crippen LogP contribution is 2.43. The summed E-state index contributed by atoms with van der Waals surface area (Å²) in [6.45, 7) is 6.13. The minimum absolute atomic E-state index is 0.897. The largest absolute Gasteiger partial charge is 0.314 e. The monoisotopic (exact) mass is 346 g/mol. The average molecular weight is 346 g/mol. The molecule has 25 heavy (non-hydrogen) atoms. The van der Waals surface area contributed by atoms with Crippen molar-refractivity contribution < 1.29 is 0 Å². The first-order valence-corrected chi connectivity index (χ1v) is 9.41. The Morgan fingerprint density at radius 3 is 2.80 bits per heavy atom. The van der Waals surface area contributed by atoms with Crippen molar-refractivity contribution in [2.75, 3.05) is 13.1 Å². The van der Waals surface area contributed by atoms with E-state index in [9.17, 15) is 0 Å². The molecule has 0 aliphatic carbocycles. The van der Waals surface area contributed by atoms with Gasteiger partial charge in [0, 0.05) is 24.0 Å². The van der Waals surface area contributed by atoms with Crippen LogP contribution in [-0.2, 0) is 0 Å². The van der Waals surface area contributed by atoms with Gasteiger partial charge in [-0.15, -0.1) is 11.3 Å². The van der Waals surface area contributed by atoms with E-state index in [1.807, 2.05) is 6.07 Å². The van der Waals surface area contributed by atoms with E-state index in [-0.39, 0.29) is 0 Å². The van der Waals surface area contributed by atoms with E-state index in [4.69, 9.17) is 15.0 Å². The van der Waals surface area contributed by atoms with Crippen molar-refractivity contribution in [1.29, 1.82) is 0 Å². The van der Waals surface area contributed by atoms with Crippen LogP contribution in [0.25, 0.3) is 21.5 Å². The van der Waals surface area contributed by atoms with Gasteiger partial charge in [-0.2, -0.15) is 0 Å². The molecule has 5 heteroatoms. The van der Waals surface area contributed by atoms with Gasteiger partial charge in [0.05, 0.1) is 16.3 Å². The molecule has 0 unspecified atom stereocenters. The van der Waals surface area contributed by atoms with E-state index in [0.717, 1.165) is 53.0 Å². The van der Waals surface area contributed by atoms with Crippen LogP contribution in [0.15, 0.2) is 46.4 Å². The van der Waals surface area contributed by atoms with Crippen LogP contribution in [-0.4, -0.2) is 34.6 Å². The van der Waals surface area contributed by atoms with Gasteiger partial charge in [-0.1, -0.05) is 30.3 Å². The topological polar surface area (TPSA) is 40.9 Å². The van der Waals surface area contributed by atoms with Crippen LogP contribution in [0.5, 0.6) is 0 Å². The lowest BCUT2D eigenvalue weighted by molar-refractivity contribution is 0.545. The first kappa shape index (κ1) is 14.8. The average Bonchev–Trinajstić information content (AvgIpc) is 3.02. The Morgan fingerprint density at radius 2 is 1.96 bits per heavy atom. The number of thiophene rings is 1. The molecule has 0 saturated heterocycles. The normalized spacial score (nSPS) is 16.3. The molecule has 124 valence electrons. The van der Waals surface area contributed by atoms with Crippen molar-refractivity contribution in [2.45, 2.75) is 20.3 Å². The molecule has 0 amide bonds. The molecule has 1 aromatic carbocycles. The van der Waals surface area contributed by atoms with E-state index in [1.54, 1.807) is 11.3 Å². The summed E-state index contributed by atoms with van der Waals surface area (Å²) in [5, 5.41) is 1.17. The summed E-state index contributed by atoms with van der Waals surface area (Å²) in [4.78, 5) is 19.1. The second-order valence-corrected chi connectivity index (χ2v) is 7.52. The Hall–Kier alpha value is -2.53. The van der Waals surface area contributed by atoms with Gasteiger partial charge in [0.25, 0.3) is 0 Å². The lowest BCUT2D eigenvalue weighted by Crippen LogP contribution is -2.41. The van der Waals surface area contributed by atoms with Crippen molar-refractivity contribution in [3.8, 4) is 11.3 Å². The smallest absolute Gasteiger partial charge is 0.148 e. The highest BCUT2D eigenvalue weighted by atomic mass is 32.1. The zero-order chi connectivity index (χ0) is 17.0. The van der Waals surface area contributed by atoms with Crippen molar-refractivity contribution >= 4 is 38.9 Å². The molecular formula is C20H18N4S. The van der Waals surface area contributed by atoms with Crippen LogP contribution < -0.4 is 0 Å². The van der Waals surface area contributed by atoms with Crippen LogP contribution in [0.4, 0.5) is 5.69 Å². The fourth-order valence-corrected chi connectivity index (χ4v) is 4.82. The van der Waals surface area contributed by atoms with E-state index in [1.165, 1.54) is 15.8 Å². The van der Waals surface area contributed by atoms with Crippen LogP contribution >= 0.6 is 11.3 Å². The van der Waals surface area contributed by atoms with Crippen LogP contribution in [0, 0.1) is 6.92 Å². The van der Waals surface area contributed by atoms with Crippen molar-refractivity contribution in [3.63, 3.8) is 0 Å². The highest BCUT2D eigenvalue weighted by molar-refractivity contribution is 7.21. The molecular weight excluding hydrogens is 328 g/mol. The first-order chi connectivity index (χ1) is 12.2. The van der Waals surface area contributed by atoms with E-state index in [0.29, 0.717) is 0 Å². The lowest BCUT2D eigenvalue weighted by atomic mass is 10.1. The standard InChI is InChI=1S/C20H18N4S/c1-12-11-15(14-7-4-3-5-8-14)23-20-16(12)17-18(25-20)19-21-9-6-10-24(19)13(2)22-17/h3-5,7-8,11H,6,9-10H2,1-2H3. The fourth-order valence-electron chi connectivity index (χ4n) is 3.62. The number of amidine groups is 2.